The van der Waals surface area contributed by atoms with Crippen LogP contribution in [-0.4, -0.2) is 29.7 Å². The first kappa shape index (κ1) is 27.1. The molecule has 0 atom stereocenters. The van der Waals surface area contributed by atoms with Gasteiger partial charge in [0.1, 0.15) is 5.56 Å². The van der Waals surface area contributed by atoms with Gasteiger partial charge in [-0.15, -0.1) is 0 Å². The van der Waals surface area contributed by atoms with E-state index in [-0.39, 0.29) is 23.0 Å². The summed E-state index contributed by atoms with van der Waals surface area (Å²) in [7, 11) is -3.86. The lowest BCUT2D eigenvalue weighted by Gasteiger charge is -2.15. The Kier molecular flexibility index (Phi) is 9.32. The molecule has 0 unspecified atom stereocenters. The monoisotopic (exact) mass is 494 g/mol. The van der Waals surface area contributed by atoms with Gasteiger partial charge in [-0.3, -0.25) is 4.79 Å². The molecule has 8 heteroatoms. The van der Waals surface area contributed by atoms with E-state index in [1.807, 2.05) is 41.5 Å². The zero-order valence-corrected chi connectivity index (χ0v) is 22.3. The van der Waals surface area contributed by atoms with E-state index in [1.54, 1.807) is 19.1 Å². The van der Waals surface area contributed by atoms with Crippen LogP contribution in [0.4, 0.5) is 0 Å². The molecule has 2 aromatic rings. The van der Waals surface area contributed by atoms with Crippen molar-refractivity contribution in [1.29, 1.82) is 0 Å². The highest BCUT2D eigenvalue weighted by atomic mass is 35.5. The second-order valence-electron chi connectivity index (χ2n) is 8.59. The van der Waals surface area contributed by atoms with Crippen LogP contribution in [-0.2, 0) is 16.7 Å². The van der Waals surface area contributed by atoms with Gasteiger partial charge in [-0.05, 0) is 76.3 Å². The molecule has 0 bridgehead atoms. The van der Waals surface area contributed by atoms with E-state index in [4.69, 9.17) is 15.8 Å². The van der Waals surface area contributed by atoms with E-state index < -0.39 is 10.1 Å². The molecule has 0 N–H and O–H groups in total. The molecule has 0 aliphatic heterocycles. The van der Waals surface area contributed by atoms with Crippen molar-refractivity contribution in [3.8, 4) is 5.88 Å². The van der Waals surface area contributed by atoms with Crippen molar-refractivity contribution in [2.45, 2.75) is 80.7 Å². The van der Waals surface area contributed by atoms with Crippen molar-refractivity contribution >= 4 is 33.1 Å². The quantitative estimate of drug-likeness (QED) is 0.263. The van der Waals surface area contributed by atoms with Crippen LogP contribution < -0.4 is 4.18 Å². The first-order valence-electron chi connectivity index (χ1n) is 11.4. The summed E-state index contributed by atoms with van der Waals surface area (Å²) in [6.07, 6.45) is 2.88. The maximum absolute atomic E-state index is 13.8. The average molecular weight is 495 g/mol. The number of carbonyl (C=O) groups excluding carboxylic acids is 1. The third kappa shape index (κ3) is 6.27. The van der Waals surface area contributed by atoms with Gasteiger partial charge in [-0.1, -0.05) is 43.9 Å². The summed E-state index contributed by atoms with van der Waals surface area (Å²) >= 11 is 6.48. The van der Waals surface area contributed by atoms with Crippen molar-refractivity contribution < 1.29 is 17.4 Å². The number of ketones is 1. The second kappa shape index (κ2) is 11.3. The van der Waals surface area contributed by atoms with E-state index in [1.165, 1.54) is 4.68 Å². The van der Waals surface area contributed by atoms with Crippen LogP contribution in [0, 0.1) is 13.8 Å². The Morgan fingerprint density at radius 2 is 1.70 bits per heavy atom. The van der Waals surface area contributed by atoms with Crippen molar-refractivity contribution in [3.05, 3.63) is 50.7 Å². The lowest BCUT2D eigenvalue weighted by atomic mass is 9.91. The lowest BCUT2D eigenvalue weighted by molar-refractivity contribution is 0.103. The standard InChI is InChI=1S/C25H35ClN2O4S/c1-8-10-14-28-25(32-33(30,31)15-11-9-2)23(19(7)27-28)24(29)20-12-13-21(26)22(18(20)6)17(5)16(3)4/h12-13H,8-11,14-15H2,1-7H3. The van der Waals surface area contributed by atoms with Crippen molar-refractivity contribution in [2.24, 2.45) is 0 Å². The fraction of sp³-hybridized carbons (Fsp3) is 0.520. The molecule has 33 heavy (non-hydrogen) atoms. The molecule has 0 aliphatic rings. The molecule has 0 fully saturated rings. The fourth-order valence-electron chi connectivity index (χ4n) is 3.62. The lowest BCUT2D eigenvalue weighted by Crippen LogP contribution is -2.18. The number of allylic oxidation sites excluding steroid dienone is 2. The molecule has 0 amide bonds. The predicted molar refractivity (Wildman–Crippen MR) is 135 cm³/mol. The first-order chi connectivity index (χ1) is 15.4. The molecule has 2 rings (SSSR count). The molecule has 0 saturated carbocycles. The number of hydrogen-bond donors (Lipinski definition) is 0. The maximum Gasteiger partial charge on any atom is 0.310 e. The summed E-state index contributed by atoms with van der Waals surface area (Å²) in [5, 5.41) is 5.03. The van der Waals surface area contributed by atoms with Crippen molar-refractivity contribution in [1.82, 2.24) is 9.78 Å². The molecule has 0 spiro atoms. The van der Waals surface area contributed by atoms with Crippen LogP contribution in [0.15, 0.2) is 17.7 Å². The van der Waals surface area contributed by atoms with Gasteiger partial charge in [-0.2, -0.15) is 13.5 Å². The molecular weight excluding hydrogens is 460 g/mol. The average Bonchev–Trinajstić information content (AvgIpc) is 3.04. The van der Waals surface area contributed by atoms with E-state index >= 15 is 0 Å². The number of nitrogens with zero attached hydrogens (tertiary/aromatic N) is 2. The number of hydrogen-bond acceptors (Lipinski definition) is 5. The number of rotatable bonds is 11. The van der Waals surface area contributed by atoms with Gasteiger partial charge in [0, 0.05) is 17.1 Å². The van der Waals surface area contributed by atoms with Gasteiger partial charge in [0.25, 0.3) is 0 Å². The van der Waals surface area contributed by atoms with Gasteiger partial charge in [0.15, 0.2) is 0 Å². The minimum Gasteiger partial charge on any atom is -0.361 e. The van der Waals surface area contributed by atoms with Crippen LogP contribution in [0.25, 0.3) is 5.57 Å². The molecule has 0 saturated heterocycles. The minimum absolute atomic E-state index is 0.00288. The molecule has 182 valence electrons. The minimum atomic E-state index is -3.86. The Morgan fingerprint density at radius 1 is 1.06 bits per heavy atom. The second-order valence-corrected chi connectivity index (χ2v) is 10.7. The smallest absolute Gasteiger partial charge is 0.310 e. The number of halogens is 1. The Labute approximate surface area is 203 Å². The number of carbonyl (C=O) groups is 1. The van der Waals surface area contributed by atoms with E-state index in [0.717, 1.165) is 41.5 Å². The highest BCUT2D eigenvalue weighted by Crippen LogP contribution is 2.34. The van der Waals surface area contributed by atoms with E-state index in [0.29, 0.717) is 29.2 Å². The summed E-state index contributed by atoms with van der Waals surface area (Å²) in [5.74, 6) is -0.441. The number of benzene rings is 1. The molecule has 1 heterocycles. The number of aromatic nitrogens is 2. The van der Waals surface area contributed by atoms with Crippen LogP contribution in [0.2, 0.25) is 5.02 Å². The number of aryl methyl sites for hydroxylation is 2. The third-order valence-electron chi connectivity index (χ3n) is 5.77. The zero-order valence-electron chi connectivity index (χ0n) is 20.7. The van der Waals surface area contributed by atoms with E-state index in [9.17, 15) is 13.2 Å². The largest absolute Gasteiger partial charge is 0.361 e. The van der Waals surface area contributed by atoms with Crippen LogP contribution >= 0.6 is 11.6 Å². The van der Waals surface area contributed by atoms with Crippen LogP contribution in [0.1, 0.15) is 93.0 Å². The summed E-state index contributed by atoms with van der Waals surface area (Å²) < 4.78 is 32.3. The summed E-state index contributed by atoms with van der Waals surface area (Å²) in [6, 6.07) is 3.39. The zero-order chi connectivity index (χ0) is 24.9. The summed E-state index contributed by atoms with van der Waals surface area (Å²) in [6.45, 7) is 13.9. The Hall–Kier alpha value is -2.12. The molecule has 0 radical (unpaired) electrons. The Morgan fingerprint density at radius 3 is 2.27 bits per heavy atom. The Balaban J connectivity index is 2.67. The van der Waals surface area contributed by atoms with Crippen LogP contribution in [0.5, 0.6) is 5.88 Å². The highest BCUT2D eigenvalue weighted by Gasteiger charge is 2.29. The van der Waals surface area contributed by atoms with Gasteiger partial charge >= 0.3 is 10.1 Å². The maximum atomic E-state index is 13.8. The van der Waals surface area contributed by atoms with Crippen molar-refractivity contribution in [3.63, 3.8) is 0 Å². The normalized spacial score (nSPS) is 11.5. The van der Waals surface area contributed by atoms with Gasteiger partial charge < -0.3 is 4.18 Å². The molecule has 1 aromatic carbocycles. The Bertz CT molecular complexity index is 1160. The van der Waals surface area contributed by atoms with Crippen molar-refractivity contribution in [2.75, 3.05) is 5.75 Å². The van der Waals surface area contributed by atoms with Gasteiger partial charge in [0.05, 0.1) is 11.4 Å². The SMILES string of the molecule is CCCCn1nc(C)c(C(=O)c2ccc(Cl)c(C(C)=C(C)C)c2C)c1OS(=O)(=O)CCCC. The topological polar surface area (TPSA) is 78.3 Å². The van der Waals surface area contributed by atoms with Gasteiger partial charge in [0.2, 0.25) is 11.7 Å². The van der Waals surface area contributed by atoms with E-state index in [2.05, 4.69) is 5.10 Å². The summed E-state index contributed by atoms with van der Waals surface area (Å²) in [5.41, 5.74) is 4.72. The van der Waals surface area contributed by atoms with Gasteiger partial charge in [-0.25, -0.2) is 4.68 Å². The fourth-order valence-corrected chi connectivity index (χ4v) is 5.10. The first-order valence-corrected chi connectivity index (χ1v) is 13.4. The molecule has 0 aliphatic carbocycles. The molecular formula is C25H35ClN2O4S. The van der Waals surface area contributed by atoms with Crippen LogP contribution in [0.3, 0.4) is 0 Å². The third-order valence-corrected chi connectivity index (χ3v) is 7.28. The number of unbranched alkanes of at least 4 members (excludes halogenated alkanes) is 2. The highest BCUT2D eigenvalue weighted by molar-refractivity contribution is 7.87. The molecule has 6 nitrogen and oxygen atoms in total. The molecule has 1 aromatic heterocycles. The summed E-state index contributed by atoms with van der Waals surface area (Å²) in [4.78, 5) is 13.8. The predicted octanol–water partition coefficient (Wildman–Crippen LogP) is 6.51.